The van der Waals surface area contributed by atoms with Crippen LogP contribution in [-0.4, -0.2) is 32.6 Å². The zero-order valence-electron chi connectivity index (χ0n) is 12.5. The molecule has 3 rings (SSSR count). The lowest BCUT2D eigenvalue weighted by molar-refractivity contribution is -0.221. The van der Waals surface area contributed by atoms with Crippen LogP contribution < -0.4 is 11.2 Å². The maximum absolute atomic E-state index is 11.8. The van der Waals surface area contributed by atoms with Crippen LogP contribution in [0.25, 0.3) is 0 Å². The van der Waals surface area contributed by atoms with Gasteiger partial charge in [0.1, 0.15) is 5.60 Å². The van der Waals surface area contributed by atoms with Crippen molar-refractivity contribution in [2.24, 2.45) is 5.73 Å². The van der Waals surface area contributed by atoms with E-state index in [2.05, 4.69) is 5.43 Å². The monoisotopic (exact) mass is 305 g/mol. The molecule has 1 saturated heterocycles. The molecule has 0 radical (unpaired) electrons. The van der Waals surface area contributed by atoms with Gasteiger partial charge in [-0.25, -0.2) is 15.2 Å². The number of nitrogens with one attached hydrogen (secondary N) is 1. The summed E-state index contributed by atoms with van der Waals surface area (Å²) >= 11 is 0. The minimum Gasteiger partial charge on any atom is -0.385 e. The lowest BCUT2D eigenvalue weighted by Crippen LogP contribution is -2.66. The predicted octanol–water partition coefficient (Wildman–Crippen LogP) is 1.40. The molecule has 2 aliphatic rings. The van der Waals surface area contributed by atoms with Gasteiger partial charge in [0, 0.05) is 6.42 Å². The SMILES string of the molecule is NC(=O)N1NC(c2ccccc2)CC1(O)C1(O)CCCCC1. The molecule has 0 aromatic heterocycles. The number of hydrogen-bond acceptors (Lipinski definition) is 4. The molecule has 1 aliphatic carbocycles. The molecule has 1 heterocycles. The Morgan fingerprint density at radius 1 is 1.18 bits per heavy atom. The van der Waals surface area contributed by atoms with Crippen molar-refractivity contribution < 1.29 is 15.0 Å². The van der Waals surface area contributed by atoms with Crippen LogP contribution in [0.3, 0.4) is 0 Å². The van der Waals surface area contributed by atoms with Gasteiger partial charge in [-0.15, -0.1) is 0 Å². The average molecular weight is 305 g/mol. The van der Waals surface area contributed by atoms with E-state index in [4.69, 9.17) is 5.73 Å². The highest BCUT2D eigenvalue weighted by Gasteiger charge is 2.59. The van der Waals surface area contributed by atoms with Gasteiger partial charge in [-0.2, -0.15) is 0 Å². The van der Waals surface area contributed by atoms with Gasteiger partial charge < -0.3 is 15.9 Å². The van der Waals surface area contributed by atoms with E-state index in [9.17, 15) is 15.0 Å². The first-order chi connectivity index (χ1) is 10.5. The lowest BCUT2D eigenvalue weighted by Gasteiger charge is -2.46. The van der Waals surface area contributed by atoms with Crippen molar-refractivity contribution in [3.05, 3.63) is 35.9 Å². The Morgan fingerprint density at radius 3 is 2.41 bits per heavy atom. The van der Waals surface area contributed by atoms with E-state index in [-0.39, 0.29) is 12.5 Å². The Hall–Kier alpha value is -1.63. The summed E-state index contributed by atoms with van der Waals surface area (Å²) in [5, 5.41) is 23.1. The van der Waals surface area contributed by atoms with E-state index in [1.165, 1.54) is 0 Å². The highest BCUT2D eigenvalue weighted by atomic mass is 16.4. The molecule has 2 amide bonds. The van der Waals surface area contributed by atoms with Crippen molar-refractivity contribution in [2.75, 3.05) is 0 Å². The molecule has 22 heavy (non-hydrogen) atoms. The van der Waals surface area contributed by atoms with Crippen LogP contribution in [0.1, 0.15) is 50.1 Å². The van der Waals surface area contributed by atoms with Gasteiger partial charge in [-0.05, 0) is 18.4 Å². The molecule has 1 aromatic carbocycles. The zero-order valence-corrected chi connectivity index (χ0v) is 12.5. The number of carbonyl (C=O) groups is 1. The molecule has 2 atom stereocenters. The summed E-state index contributed by atoms with van der Waals surface area (Å²) in [6.07, 6.45) is 3.86. The number of hydrazine groups is 1. The van der Waals surface area contributed by atoms with Crippen LogP contribution >= 0.6 is 0 Å². The molecule has 1 aliphatic heterocycles. The Bertz CT molecular complexity index is 545. The summed E-state index contributed by atoms with van der Waals surface area (Å²) in [5.74, 6) is 0. The Labute approximate surface area is 129 Å². The molecule has 2 unspecified atom stereocenters. The van der Waals surface area contributed by atoms with E-state index in [1.807, 2.05) is 30.3 Å². The van der Waals surface area contributed by atoms with Crippen LogP contribution in [0.2, 0.25) is 0 Å². The normalized spacial score (nSPS) is 31.2. The zero-order chi connectivity index (χ0) is 15.8. The molecular weight excluding hydrogens is 282 g/mol. The molecule has 0 bridgehead atoms. The van der Waals surface area contributed by atoms with Gasteiger partial charge in [0.15, 0.2) is 5.72 Å². The standard InChI is InChI=1S/C16H23N3O3/c17-14(20)19-16(22,15(21)9-5-2-6-10-15)11-13(18-19)12-7-3-1-4-8-12/h1,3-4,7-8,13,18,21-22H,2,5-6,9-11H2,(H2,17,20). The van der Waals surface area contributed by atoms with Crippen LogP contribution in [0, 0.1) is 0 Å². The molecule has 0 spiro atoms. The molecule has 1 aromatic rings. The predicted molar refractivity (Wildman–Crippen MR) is 81.3 cm³/mol. The Balaban J connectivity index is 1.93. The number of hydrogen-bond donors (Lipinski definition) is 4. The van der Waals surface area contributed by atoms with Crippen molar-refractivity contribution in [1.29, 1.82) is 0 Å². The first kappa shape index (κ1) is 15.3. The second-order valence-electron chi connectivity index (χ2n) is 6.38. The maximum atomic E-state index is 11.8. The van der Waals surface area contributed by atoms with Crippen molar-refractivity contribution in [2.45, 2.75) is 55.9 Å². The largest absolute Gasteiger partial charge is 0.385 e. The minimum atomic E-state index is -1.68. The first-order valence-corrected chi connectivity index (χ1v) is 7.82. The van der Waals surface area contributed by atoms with E-state index in [0.717, 1.165) is 29.8 Å². The van der Waals surface area contributed by atoms with E-state index < -0.39 is 17.4 Å². The third-order valence-electron chi connectivity index (χ3n) is 4.99. The quantitative estimate of drug-likeness (QED) is 0.664. The fourth-order valence-corrected chi connectivity index (χ4v) is 3.74. The van der Waals surface area contributed by atoms with Gasteiger partial charge >= 0.3 is 6.03 Å². The topological polar surface area (TPSA) is 98.8 Å². The smallest absolute Gasteiger partial charge is 0.331 e. The fraction of sp³-hybridized carbons (Fsp3) is 0.562. The minimum absolute atomic E-state index is 0.219. The molecule has 1 saturated carbocycles. The number of rotatable bonds is 2. The lowest BCUT2D eigenvalue weighted by atomic mass is 9.75. The van der Waals surface area contributed by atoms with Gasteiger partial charge in [0.2, 0.25) is 0 Å². The molecule has 2 fully saturated rings. The summed E-state index contributed by atoms with van der Waals surface area (Å²) in [5.41, 5.74) is 6.35. The van der Waals surface area contributed by atoms with Crippen molar-refractivity contribution in [3.8, 4) is 0 Å². The third kappa shape index (κ3) is 2.37. The highest BCUT2D eigenvalue weighted by molar-refractivity contribution is 5.73. The van der Waals surface area contributed by atoms with Gasteiger partial charge in [-0.3, -0.25) is 0 Å². The molecule has 5 N–H and O–H groups in total. The fourth-order valence-electron chi connectivity index (χ4n) is 3.74. The number of urea groups is 1. The maximum Gasteiger partial charge on any atom is 0.331 e. The molecular formula is C16H23N3O3. The van der Waals surface area contributed by atoms with Gasteiger partial charge in [0.05, 0.1) is 6.04 Å². The molecule has 6 nitrogen and oxygen atoms in total. The number of nitrogens with zero attached hydrogens (tertiary/aromatic N) is 1. The van der Waals surface area contributed by atoms with Gasteiger partial charge in [0.25, 0.3) is 0 Å². The number of nitrogens with two attached hydrogens (primary N) is 1. The first-order valence-electron chi connectivity index (χ1n) is 7.82. The van der Waals surface area contributed by atoms with Crippen molar-refractivity contribution in [3.63, 3.8) is 0 Å². The number of primary amides is 1. The van der Waals surface area contributed by atoms with Crippen LogP contribution in [0.15, 0.2) is 30.3 Å². The Morgan fingerprint density at radius 2 is 1.82 bits per heavy atom. The third-order valence-corrected chi connectivity index (χ3v) is 4.99. The van der Waals surface area contributed by atoms with E-state index in [0.29, 0.717) is 12.8 Å². The summed E-state index contributed by atoms with van der Waals surface area (Å²) in [4.78, 5) is 11.8. The van der Waals surface area contributed by atoms with Crippen molar-refractivity contribution in [1.82, 2.24) is 10.4 Å². The van der Waals surface area contributed by atoms with Crippen LogP contribution in [0.4, 0.5) is 4.79 Å². The summed E-state index contributed by atoms with van der Waals surface area (Å²) < 4.78 is 0. The number of amides is 2. The summed E-state index contributed by atoms with van der Waals surface area (Å²) in [6.45, 7) is 0. The summed E-state index contributed by atoms with van der Waals surface area (Å²) in [6, 6.07) is 8.52. The van der Waals surface area contributed by atoms with Crippen molar-refractivity contribution >= 4 is 6.03 Å². The van der Waals surface area contributed by atoms with Crippen LogP contribution in [-0.2, 0) is 0 Å². The van der Waals surface area contributed by atoms with E-state index >= 15 is 0 Å². The van der Waals surface area contributed by atoms with E-state index in [1.54, 1.807) is 0 Å². The number of carbonyl (C=O) groups excluding carboxylic acids is 1. The van der Waals surface area contributed by atoms with Crippen LogP contribution in [0.5, 0.6) is 0 Å². The number of aliphatic hydroxyl groups is 2. The highest BCUT2D eigenvalue weighted by Crippen LogP contribution is 2.46. The average Bonchev–Trinajstić information content (AvgIpc) is 2.89. The Kier molecular flexibility index (Phi) is 3.84. The molecule has 120 valence electrons. The second kappa shape index (κ2) is 5.53. The second-order valence-corrected chi connectivity index (χ2v) is 6.38. The van der Waals surface area contributed by atoms with Gasteiger partial charge in [-0.1, -0.05) is 49.6 Å². The number of benzene rings is 1. The molecule has 6 heteroatoms. The summed E-state index contributed by atoms with van der Waals surface area (Å²) in [7, 11) is 0.